The Hall–Kier alpha value is -2.34. The summed E-state index contributed by atoms with van der Waals surface area (Å²) >= 11 is 5.94. The van der Waals surface area contributed by atoms with E-state index in [2.05, 4.69) is 15.3 Å². The molecule has 0 aliphatic heterocycles. The Morgan fingerprint density at radius 3 is 3.00 bits per heavy atom. The molecule has 0 bridgehead atoms. The molecule has 3 aromatic rings. The number of anilines is 1. The lowest BCUT2D eigenvalue weighted by atomic mass is 10.2. The van der Waals surface area contributed by atoms with Crippen LogP contribution in [0.1, 0.15) is 5.89 Å². The Morgan fingerprint density at radius 1 is 1.37 bits per heavy atom. The van der Waals surface area contributed by atoms with Gasteiger partial charge in [-0.15, -0.1) is 5.10 Å². The normalized spacial score (nSPS) is 10.8. The second kappa shape index (κ2) is 4.74. The summed E-state index contributed by atoms with van der Waals surface area (Å²) in [7, 11) is 0. The molecule has 2 N–H and O–H groups in total. The number of oxazole rings is 1. The molecule has 0 amide bonds. The van der Waals surface area contributed by atoms with Crippen LogP contribution in [0.4, 0.5) is 5.82 Å². The van der Waals surface area contributed by atoms with Crippen molar-refractivity contribution in [1.29, 1.82) is 0 Å². The topological polar surface area (TPSA) is 82.8 Å². The van der Waals surface area contributed by atoms with Crippen molar-refractivity contribution in [2.45, 2.75) is 6.54 Å². The van der Waals surface area contributed by atoms with Crippen molar-refractivity contribution in [2.24, 2.45) is 0 Å². The van der Waals surface area contributed by atoms with Gasteiger partial charge in [0.1, 0.15) is 6.54 Å². The molecule has 3 rings (SSSR count). The van der Waals surface area contributed by atoms with E-state index in [-0.39, 0.29) is 0 Å². The Balaban J connectivity index is 1.83. The molecule has 0 atom stereocenters. The minimum Gasteiger partial charge on any atom is -0.439 e. The Morgan fingerprint density at radius 2 is 2.26 bits per heavy atom. The molecule has 0 spiro atoms. The van der Waals surface area contributed by atoms with Crippen LogP contribution in [0.15, 0.2) is 41.1 Å². The van der Waals surface area contributed by atoms with Crippen molar-refractivity contribution in [3.05, 3.63) is 47.6 Å². The van der Waals surface area contributed by atoms with Crippen LogP contribution >= 0.6 is 11.6 Å². The summed E-state index contributed by atoms with van der Waals surface area (Å²) in [5.41, 5.74) is 6.36. The van der Waals surface area contributed by atoms with Crippen molar-refractivity contribution >= 4 is 17.4 Å². The quantitative estimate of drug-likeness (QED) is 0.792. The van der Waals surface area contributed by atoms with E-state index in [1.54, 1.807) is 23.1 Å². The maximum absolute atomic E-state index is 5.94. The van der Waals surface area contributed by atoms with E-state index in [0.29, 0.717) is 29.0 Å². The van der Waals surface area contributed by atoms with Gasteiger partial charge in [-0.1, -0.05) is 28.9 Å². The second-order valence-corrected chi connectivity index (χ2v) is 4.41. The third-order valence-electron chi connectivity index (χ3n) is 2.52. The first-order valence-electron chi connectivity index (χ1n) is 5.57. The highest BCUT2D eigenvalue weighted by atomic mass is 35.5. The lowest BCUT2D eigenvalue weighted by molar-refractivity contribution is 0.469. The Kier molecular flexibility index (Phi) is 2.92. The number of nitrogens with two attached hydrogens (primary N) is 1. The van der Waals surface area contributed by atoms with E-state index < -0.39 is 0 Å². The molecule has 1 aromatic carbocycles. The lowest BCUT2D eigenvalue weighted by Gasteiger charge is -1.97. The Labute approximate surface area is 113 Å². The van der Waals surface area contributed by atoms with Gasteiger partial charge in [-0.25, -0.2) is 9.67 Å². The van der Waals surface area contributed by atoms with Crippen molar-refractivity contribution in [3.8, 4) is 11.3 Å². The molecule has 0 saturated heterocycles. The number of rotatable bonds is 3. The van der Waals surface area contributed by atoms with Gasteiger partial charge in [0.05, 0.1) is 12.4 Å². The van der Waals surface area contributed by atoms with Crippen molar-refractivity contribution < 1.29 is 4.42 Å². The summed E-state index contributed by atoms with van der Waals surface area (Å²) in [6.45, 7) is 0.380. The summed E-state index contributed by atoms with van der Waals surface area (Å²) in [5.74, 6) is 1.55. The number of aromatic nitrogens is 4. The van der Waals surface area contributed by atoms with Crippen LogP contribution in [0.25, 0.3) is 11.3 Å². The zero-order valence-corrected chi connectivity index (χ0v) is 10.6. The summed E-state index contributed by atoms with van der Waals surface area (Å²) in [6, 6.07) is 7.39. The molecule has 2 heterocycles. The fourth-order valence-electron chi connectivity index (χ4n) is 1.69. The monoisotopic (exact) mass is 275 g/mol. The predicted molar refractivity (Wildman–Crippen MR) is 70.5 cm³/mol. The first kappa shape index (κ1) is 11.7. The van der Waals surface area contributed by atoms with Crippen LogP contribution in [-0.2, 0) is 6.54 Å². The van der Waals surface area contributed by atoms with Crippen LogP contribution in [0.5, 0.6) is 0 Å². The van der Waals surface area contributed by atoms with Gasteiger partial charge >= 0.3 is 0 Å². The molecule has 96 valence electrons. The highest BCUT2D eigenvalue weighted by molar-refractivity contribution is 6.30. The van der Waals surface area contributed by atoms with Crippen molar-refractivity contribution in [3.63, 3.8) is 0 Å². The Bertz CT molecular complexity index is 705. The standard InChI is InChI=1S/C12H10ClN5O/c13-9-3-1-2-8(4-9)10-5-15-12(19-10)7-18-6-11(14)16-17-18/h1-6H,7,14H2. The highest BCUT2D eigenvalue weighted by Gasteiger charge is 2.08. The van der Waals surface area contributed by atoms with Gasteiger partial charge in [-0.2, -0.15) is 0 Å². The molecule has 0 fully saturated rings. The molecule has 0 saturated carbocycles. The number of hydrogen-bond donors (Lipinski definition) is 1. The van der Waals surface area contributed by atoms with E-state index in [1.165, 1.54) is 0 Å². The van der Waals surface area contributed by atoms with Crippen LogP contribution in [-0.4, -0.2) is 20.0 Å². The van der Waals surface area contributed by atoms with Gasteiger partial charge in [-0.05, 0) is 12.1 Å². The van der Waals surface area contributed by atoms with E-state index >= 15 is 0 Å². The van der Waals surface area contributed by atoms with Gasteiger partial charge < -0.3 is 10.2 Å². The molecular weight excluding hydrogens is 266 g/mol. The van der Waals surface area contributed by atoms with E-state index in [0.717, 1.165) is 5.56 Å². The predicted octanol–water partition coefficient (Wildman–Crippen LogP) is 2.22. The fraction of sp³-hybridized carbons (Fsp3) is 0.0833. The van der Waals surface area contributed by atoms with E-state index in [9.17, 15) is 0 Å². The molecule has 0 aliphatic rings. The van der Waals surface area contributed by atoms with Crippen molar-refractivity contribution in [1.82, 2.24) is 20.0 Å². The highest BCUT2D eigenvalue weighted by Crippen LogP contribution is 2.23. The second-order valence-electron chi connectivity index (χ2n) is 3.97. The number of hydrogen-bond acceptors (Lipinski definition) is 5. The zero-order valence-electron chi connectivity index (χ0n) is 9.82. The summed E-state index contributed by atoms with van der Waals surface area (Å²) < 4.78 is 7.20. The minimum absolute atomic E-state index is 0.363. The molecule has 0 unspecified atom stereocenters. The number of halogens is 1. The lowest BCUT2D eigenvalue weighted by Crippen LogP contribution is -2.00. The molecule has 2 aromatic heterocycles. The summed E-state index contributed by atoms with van der Waals surface area (Å²) in [5, 5.41) is 8.17. The average Bonchev–Trinajstić information content (AvgIpc) is 2.99. The van der Waals surface area contributed by atoms with Gasteiger partial charge in [-0.3, -0.25) is 0 Å². The van der Waals surface area contributed by atoms with Gasteiger partial charge in [0.25, 0.3) is 0 Å². The van der Waals surface area contributed by atoms with Gasteiger partial charge in [0.15, 0.2) is 11.6 Å². The van der Waals surface area contributed by atoms with Crippen LogP contribution < -0.4 is 5.73 Å². The van der Waals surface area contributed by atoms with Crippen LogP contribution in [0.2, 0.25) is 5.02 Å². The zero-order chi connectivity index (χ0) is 13.2. The minimum atomic E-state index is 0.363. The number of nitrogens with zero attached hydrogens (tertiary/aromatic N) is 4. The van der Waals surface area contributed by atoms with Gasteiger partial charge in [0, 0.05) is 10.6 Å². The SMILES string of the molecule is Nc1cn(Cc2ncc(-c3cccc(Cl)c3)o2)nn1. The maximum Gasteiger partial charge on any atom is 0.216 e. The van der Waals surface area contributed by atoms with Crippen LogP contribution in [0.3, 0.4) is 0 Å². The third-order valence-corrected chi connectivity index (χ3v) is 2.75. The molecule has 0 radical (unpaired) electrons. The number of benzene rings is 1. The largest absolute Gasteiger partial charge is 0.439 e. The first-order chi connectivity index (χ1) is 9.20. The smallest absolute Gasteiger partial charge is 0.216 e. The van der Waals surface area contributed by atoms with Crippen LogP contribution in [0, 0.1) is 0 Å². The summed E-state index contributed by atoms with van der Waals surface area (Å²) in [6.07, 6.45) is 3.27. The third kappa shape index (κ3) is 2.58. The van der Waals surface area contributed by atoms with E-state index in [4.69, 9.17) is 21.8 Å². The number of nitrogen functional groups attached to an aromatic ring is 1. The first-order valence-corrected chi connectivity index (χ1v) is 5.95. The summed E-state index contributed by atoms with van der Waals surface area (Å²) in [4.78, 5) is 4.19. The fourth-order valence-corrected chi connectivity index (χ4v) is 1.88. The van der Waals surface area contributed by atoms with E-state index in [1.807, 2.05) is 18.2 Å². The molecular formula is C12H10ClN5O. The molecule has 0 aliphatic carbocycles. The molecule has 19 heavy (non-hydrogen) atoms. The molecule has 7 heteroatoms. The molecule has 6 nitrogen and oxygen atoms in total. The van der Waals surface area contributed by atoms with Crippen molar-refractivity contribution in [2.75, 3.05) is 5.73 Å². The maximum atomic E-state index is 5.94. The van der Waals surface area contributed by atoms with Gasteiger partial charge in [0.2, 0.25) is 5.89 Å². The average molecular weight is 276 g/mol.